The monoisotopic (exact) mass is 260 g/mol. The van der Waals surface area contributed by atoms with Crippen LogP contribution < -0.4 is 10.1 Å². The zero-order valence-corrected chi connectivity index (χ0v) is 11.1. The molecular weight excluding hydrogens is 243 g/mol. The van der Waals surface area contributed by atoms with Gasteiger partial charge in [-0.05, 0) is 30.2 Å². The third kappa shape index (κ3) is 3.76. The number of aromatic nitrogens is 1. The molecule has 1 N–H and O–H groups in total. The average molecular weight is 260 g/mol. The van der Waals surface area contributed by atoms with Crippen molar-refractivity contribution in [1.29, 1.82) is 0 Å². The van der Waals surface area contributed by atoms with Gasteiger partial charge in [0.15, 0.2) is 0 Å². The minimum absolute atomic E-state index is 0.0813. The fraction of sp³-hybridized carbons (Fsp3) is 0.267. The summed E-state index contributed by atoms with van der Waals surface area (Å²) >= 11 is 0. The van der Waals surface area contributed by atoms with E-state index in [0.717, 1.165) is 11.1 Å². The molecule has 0 amide bonds. The lowest BCUT2D eigenvalue weighted by Gasteiger charge is -2.14. The standard InChI is InChI=1S/C15H17FN2O/c1-11(13-4-3-5-14(16)8-13)17-9-12-6-7-15(19-2)18-10-12/h3-8,10-11,17H,9H2,1-2H3/t11-/m1/s1. The van der Waals surface area contributed by atoms with Crippen LogP contribution in [0, 0.1) is 5.82 Å². The van der Waals surface area contributed by atoms with E-state index < -0.39 is 0 Å². The van der Waals surface area contributed by atoms with Gasteiger partial charge in [-0.15, -0.1) is 0 Å². The first-order chi connectivity index (χ1) is 9.19. The molecule has 1 atom stereocenters. The smallest absolute Gasteiger partial charge is 0.212 e. The highest BCUT2D eigenvalue weighted by atomic mass is 19.1. The van der Waals surface area contributed by atoms with Gasteiger partial charge in [0.05, 0.1) is 7.11 Å². The van der Waals surface area contributed by atoms with E-state index in [1.54, 1.807) is 25.4 Å². The normalized spacial score (nSPS) is 12.2. The van der Waals surface area contributed by atoms with Crippen molar-refractivity contribution in [2.24, 2.45) is 0 Å². The molecule has 0 radical (unpaired) electrons. The van der Waals surface area contributed by atoms with E-state index in [-0.39, 0.29) is 11.9 Å². The Balaban J connectivity index is 1.94. The molecule has 1 heterocycles. The summed E-state index contributed by atoms with van der Waals surface area (Å²) in [5.41, 5.74) is 1.99. The number of halogens is 1. The van der Waals surface area contributed by atoms with Crippen LogP contribution in [-0.2, 0) is 6.54 Å². The van der Waals surface area contributed by atoms with Gasteiger partial charge in [-0.25, -0.2) is 9.37 Å². The number of benzene rings is 1. The molecule has 3 nitrogen and oxygen atoms in total. The molecule has 4 heteroatoms. The Kier molecular flexibility index (Phi) is 4.47. The average Bonchev–Trinajstić information content (AvgIpc) is 2.45. The zero-order valence-electron chi connectivity index (χ0n) is 11.1. The van der Waals surface area contributed by atoms with E-state index in [0.29, 0.717) is 12.4 Å². The van der Waals surface area contributed by atoms with E-state index in [2.05, 4.69) is 10.3 Å². The lowest BCUT2D eigenvalue weighted by Crippen LogP contribution is -2.18. The van der Waals surface area contributed by atoms with E-state index in [9.17, 15) is 4.39 Å². The van der Waals surface area contributed by atoms with Crippen LogP contribution in [0.5, 0.6) is 5.88 Å². The van der Waals surface area contributed by atoms with Gasteiger partial charge >= 0.3 is 0 Å². The number of nitrogens with zero attached hydrogens (tertiary/aromatic N) is 1. The first kappa shape index (κ1) is 13.5. The predicted molar refractivity (Wildman–Crippen MR) is 72.4 cm³/mol. The third-order valence-electron chi connectivity index (χ3n) is 2.97. The van der Waals surface area contributed by atoms with Crippen molar-refractivity contribution in [3.63, 3.8) is 0 Å². The predicted octanol–water partition coefficient (Wildman–Crippen LogP) is 3.08. The van der Waals surface area contributed by atoms with E-state index in [4.69, 9.17) is 4.74 Å². The number of hydrogen-bond acceptors (Lipinski definition) is 3. The molecule has 0 aliphatic rings. The molecule has 0 fully saturated rings. The van der Waals surface area contributed by atoms with Crippen LogP contribution in [0.2, 0.25) is 0 Å². The van der Waals surface area contributed by atoms with Crippen LogP contribution in [0.1, 0.15) is 24.1 Å². The Morgan fingerprint density at radius 1 is 1.32 bits per heavy atom. The van der Waals surface area contributed by atoms with Crippen LogP contribution in [0.15, 0.2) is 42.6 Å². The fourth-order valence-electron chi connectivity index (χ4n) is 1.80. The van der Waals surface area contributed by atoms with Crippen molar-refractivity contribution in [3.05, 3.63) is 59.5 Å². The molecule has 0 saturated heterocycles. The zero-order chi connectivity index (χ0) is 13.7. The van der Waals surface area contributed by atoms with Crippen molar-refractivity contribution in [1.82, 2.24) is 10.3 Å². The van der Waals surface area contributed by atoms with Crippen molar-refractivity contribution in [3.8, 4) is 5.88 Å². The summed E-state index contributed by atoms with van der Waals surface area (Å²) in [7, 11) is 1.59. The highest BCUT2D eigenvalue weighted by Crippen LogP contribution is 2.14. The number of methoxy groups -OCH3 is 1. The van der Waals surface area contributed by atoms with Gasteiger partial charge in [0.1, 0.15) is 5.82 Å². The second-order valence-electron chi connectivity index (χ2n) is 4.37. The van der Waals surface area contributed by atoms with Gasteiger partial charge in [0.2, 0.25) is 5.88 Å². The Labute approximate surface area is 112 Å². The maximum absolute atomic E-state index is 13.1. The van der Waals surface area contributed by atoms with Crippen molar-refractivity contribution in [2.75, 3.05) is 7.11 Å². The van der Waals surface area contributed by atoms with Crippen molar-refractivity contribution in [2.45, 2.75) is 19.5 Å². The maximum atomic E-state index is 13.1. The summed E-state index contributed by atoms with van der Waals surface area (Å²) in [6.07, 6.45) is 1.77. The van der Waals surface area contributed by atoms with E-state index in [1.807, 2.05) is 25.1 Å². The molecule has 2 rings (SSSR count). The van der Waals surface area contributed by atoms with Crippen molar-refractivity contribution < 1.29 is 9.13 Å². The van der Waals surface area contributed by atoms with Gasteiger partial charge in [0.25, 0.3) is 0 Å². The van der Waals surface area contributed by atoms with Crippen molar-refractivity contribution >= 4 is 0 Å². The molecule has 0 unspecified atom stereocenters. The van der Waals surface area contributed by atoms with Crippen LogP contribution in [-0.4, -0.2) is 12.1 Å². The van der Waals surface area contributed by atoms with E-state index >= 15 is 0 Å². The summed E-state index contributed by atoms with van der Waals surface area (Å²) < 4.78 is 18.1. The minimum Gasteiger partial charge on any atom is -0.481 e. The van der Waals surface area contributed by atoms with Gasteiger partial charge in [-0.3, -0.25) is 0 Å². The molecule has 0 aliphatic heterocycles. The second-order valence-corrected chi connectivity index (χ2v) is 4.37. The summed E-state index contributed by atoms with van der Waals surface area (Å²) in [5, 5.41) is 3.33. The number of nitrogens with one attached hydrogen (secondary N) is 1. The largest absolute Gasteiger partial charge is 0.481 e. The topological polar surface area (TPSA) is 34.1 Å². The summed E-state index contributed by atoms with van der Waals surface area (Å²) in [4.78, 5) is 4.14. The molecule has 19 heavy (non-hydrogen) atoms. The van der Waals surface area contributed by atoms with Crippen LogP contribution in [0.25, 0.3) is 0 Å². The Hall–Kier alpha value is -1.94. The maximum Gasteiger partial charge on any atom is 0.212 e. The van der Waals surface area contributed by atoms with Gasteiger partial charge in [-0.2, -0.15) is 0 Å². The highest BCUT2D eigenvalue weighted by molar-refractivity contribution is 5.21. The first-order valence-corrected chi connectivity index (χ1v) is 6.17. The second kappa shape index (κ2) is 6.29. The lowest BCUT2D eigenvalue weighted by atomic mass is 10.1. The molecule has 2 aromatic rings. The third-order valence-corrected chi connectivity index (χ3v) is 2.97. The summed E-state index contributed by atoms with van der Waals surface area (Å²) in [5.74, 6) is 0.388. The molecule has 0 aliphatic carbocycles. The lowest BCUT2D eigenvalue weighted by molar-refractivity contribution is 0.397. The van der Waals surface area contributed by atoms with E-state index in [1.165, 1.54) is 6.07 Å². The van der Waals surface area contributed by atoms with Gasteiger partial charge < -0.3 is 10.1 Å². The first-order valence-electron chi connectivity index (χ1n) is 6.17. The van der Waals surface area contributed by atoms with Crippen LogP contribution in [0.3, 0.4) is 0 Å². The summed E-state index contributed by atoms with van der Waals surface area (Å²) in [6.45, 7) is 2.68. The molecule has 1 aromatic carbocycles. The molecule has 1 aromatic heterocycles. The fourth-order valence-corrected chi connectivity index (χ4v) is 1.80. The Bertz CT molecular complexity index is 528. The van der Waals surface area contributed by atoms with Crippen LogP contribution in [0.4, 0.5) is 4.39 Å². The minimum atomic E-state index is -0.211. The molecular formula is C15H17FN2O. The Morgan fingerprint density at radius 2 is 2.16 bits per heavy atom. The van der Waals surface area contributed by atoms with Gasteiger partial charge in [-0.1, -0.05) is 18.2 Å². The number of hydrogen-bond donors (Lipinski definition) is 1. The quantitative estimate of drug-likeness (QED) is 0.897. The molecule has 0 bridgehead atoms. The number of ether oxygens (including phenoxy) is 1. The molecule has 0 saturated carbocycles. The highest BCUT2D eigenvalue weighted by Gasteiger charge is 2.05. The van der Waals surface area contributed by atoms with Gasteiger partial charge in [0, 0.05) is 24.8 Å². The summed E-state index contributed by atoms with van der Waals surface area (Å²) in [6, 6.07) is 10.5. The number of rotatable bonds is 5. The Morgan fingerprint density at radius 3 is 2.79 bits per heavy atom. The SMILES string of the molecule is COc1ccc(CN[C@H](C)c2cccc(F)c2)cn1. The molecule has 0 spiro atoms. The van der Waals surface area contributed by atoms with Crippen LogP contribution >= 0.6 is 0 Å². The molecule has 100 valence electrons. The number of pyridine rings is 1.